The van der Waals surface area contributed by atoms with Crippen LogP contribution in [0, 0.1) is 12.3 Å². The van der Waals surface area contributed by atoms with E-state index in [2.05, 4.69) is 16.0 Å². The number of aromatic nitrogens is 3. The zero-order chi connectivity index (χ0) is 13.3. The number of rotatable bonds is 0. The molecule has 0 atom stereocenters. The fraction of sp³-hybridized carbons (Fsp3) is 0.308. The van der Waals surface area contributed by atoms with Gasteiger partial charge < -0.3 is 4.74 Å². The van der Waals surface area contributed by atoms with Gasteiger partial charge in [-0.25, -0.2) is 9.78 Å². The first-order valence-corrected chi connectivity index (χ1v) is 5.44. The summed E-state index contributed by atoms with van der Waals surface area (Å²) in [4.78, 5) is 16.0. The molecule has 2 heterocycles. The highest BCUT2D eigenvalue weighted by Crippen LogP contribution is 2.15. The van der Waals surface area contributed by atoms with Gasteiger partial charge in [-0.05, 0) is 26.8 Å². The van der Waals surface area contributed by atoms with E-state index in [1.54, 1.807) is 26.8 Å². The van der Waals surface area contributed by atoms with Gasteiger partial charge in [-0.1, -0.05) is 5.92 Å². The lowest BCUT2D eigenvalue weighted by Crippen LogP contribution is -2.27. The summed E-state index contributed by atoms with van der Waals surface area (Å²) in [6.45, 7) is 5.38. The Kier molecular flexibility index (Phi) is 2.79. The SMILES string of the molecule is C#Cc1cnc2c(cnn2C(=O)OC(C)(C)C)c1. The van der Waals surface area contributed by atoms with Gasteiger partial charge in [0, 0.05) is 17.1 Å². The minimum absolute atomic E-state index is 0.434. The van der Waals surface area contributed by atoms with Gasteiger partial charge >= 0.3 is 6.09 Å². The van der Waals surface area contributed by atoms with Crippen molar-refractivity contribution in [3.05, 3.63) is 24.0 Å². The number of pyridine rings is 1. The molecule has 2 rings (SSSR count). The largest absolute Gasteiger partial charge is 0.442 e. The summed E-state index contributed by atoms with van der Waals surface area (Å²) in [7, 11) is 0. The number of carbonyl (C=O) groups excluding carboxylic acids is 1. The molecular formula is C13H13N3O2. The number of hydrogen-bond donors (Lipinski definition) is 0. The number of terminal acetylenes is 1. The van der Waals surface area contributed by atoms with Crippen molar-refractivity contribution in [3.8, 4) is 12.3 Å². The van der Waals surface area contributed by atoms with Crippen molar-refractivity contribution >= 4 is 17.1 Å². The number of fused-ring (bicyclic) bond motifs is 1. The summed E-state index contributed by atoms with van der Waals surface area (Å²) >= 11 is 0. The fourth-order valence-electron chi connectivity index (χ4n) is 1.44. The second-order valence-corrected chi connectivity index (χ2v) is 4.82. The quantitative estimate of drug-likeness (QED) is 0.665. The normalized spacial score (nSPS) is 11.2. The van der Waals surface area contributed by atoms with E-state index in [1.165, 1.54) is 12.4 Å². The molecule has 0 unspecified atom stereocenters. The first kappa shape index (κ1) is 12.1. The van der Waals surface area contributed by atoms with E-state index in [-0.39, 0.29) is 0 Å². The van der Waals surface area contributed by atoms with Crippen LogP contribution in [0.2, 0.25) is 0 Å². The van der Waals surface area contributed by atoms with Crippen molar-refractivity contribution in [2.24, 2.45) is 0 Å². The Labute approximate surface area is 105 Å². The van der Waals surface area contributed by atoms with Gasteiger partial charge in [-0.3, -0.25) is 0 Å². The second-order valence-electron chi connectivity index (χ2n) is 4.82. The topological polar surface area (TPSA) is 57.0 Å². The van der Waals surface area contributed by atoms with Crippen LogP contribution in [0.1, 0.15) is 26.3 Å². The average molecular weight is 243 g/mol. The predicted octanol–water partition coefficient (Wildman–Crippen LogP) is 2.20. The summed E-state index contributed by atoms with van der Waals surface area (Å²) in [6.07, 6.45) is 7.78. The molecule has 0 aliphatic rings. The molecule has 5 nitrogen and oxygen atoms in total. The maximum Gasteiger partial charge on any atom is 0.437 e. The Morgan fingerprint density at radius 3 is 2.78 bits per heavy atom. The Balaban J connectivity index is 2.42. The third-order valence-electron chi connectivity index (χ3n) is 2.14. The molecule has 92 valence electrons. The molecule has 0 spiro atoms. The highest BCUT2D eigenvalue weighted by molar-refractivity contribution is 5.85. The van der Waals surface area contributed by atoms with Crippen LogP contribution in [-0.4, -0.2) is 26.5 Å². The number of ether oxygens (including phenoxy) is 1. The van der Waals surface area contributed by atoms with Crippen molar-refractivity contribution in [2.45, 2.75) is 26.4 Å². The highest BCUT2D eigenvalue weighted by Gasteiger charge is 2.20. The van der Waals surface area contributed by atoms with Gasteiger partial charge in [0.15, 0.2) is 5.65 Å². The summed E-state index contributed by atoms with van der Waals surface area (Å²) in [5, 5.41) is 4.67. The molecule has 0 saturated carbocycles. The first-order chi connectivity index (χ1) is 8.40. The van der Waals surface area contributed by atoms with E-state index < -0.39 is 11.7 Å². The van der Waals surface area contributed by atoms with Crippen LogP contribution in [0.25, 0.3) is 11.0 Å². The molecule has 0 amide bonds. The van der Waals surface area contributed by atoms with Crippen LogP contribution >= 0.6 is 0 Å². The third-order valence-corrected chi connectivity index (χ3v) is 2.14. The number of hydrogen-bond acceptors (Lipinski definition) is 4. The molecule has 0 saturated heterocycles. The van der Waals surface area contributed by atoms with Crippen LogP contribution in [0.4, 0.5) is 4.79 Å². The number of carbonyl (C=O) groups is 1. The lowest BCUT2D eigenvalue weighted by Gasteiger charge is -2.18. The van der Waals surface area contributed by atoms with E-state index in [1.807, 2.05) is 0 Å². The van der Waals surface area contributed by atoms with Crippen LogP contribution in [0.5, 0.6) is 0 Å². The Morgan fingerprint density at radius 2 is 2.17 bits per heavy atom. The minimum atomic E-state index is -0.575. The summed E-state index contributed by atoms with van der Waals surface area (Å²) in [5.41, 5.74) is 0.503. The zero-order valence-electron chi connectivity index (χ0n) is 10.5. The lowest BCUT2D eigenvalue weighted by molar-refractivity contribution is 0.0522. The Morgan fingerprint density at radius 1 is 1.44 bits per heavy atom. The minimum Gasteiger partial charge on any atom is -0.442 e. The molecule has 0 bridgehead atoms. The van der Waals surface area contributed by atoms with Crippen LogP contribution in [-0.2, 0) is 4.74 Å². The fourth-order valence-corrected chi connectivity index (χ4v) is 1.44. The molecular weight excluding hydrogens is 230 g/mol. The van der Waals surface area contributed by atoms with Crippen LogP contribution in [0.15, 0.2) is 18.5 Å². The van der Waals surface area contributed by atoms with E-state index in [9.17, 15) is 4.79 Å². The van der Waals surface area contributed by atoms with Gasteiger partial charge in [0.1, 0.15) is 5.60 Å². The van der Waals surface area contributed by atoms with E-state index >= 15 is 0 Å². The molecule has 0 N–H and O–H groups in total. The Hall–Kier alpha value is -2.35. The Bertz CT molecular complexity index is 644. The van der Waals surface area contributed by atoms with Crippen molar-refractivity contribution < 1.29 is 9.53 Å². The molecule has 2 aromatic rings. The molecule has 2 aromatic heterocycles. The van der Waals surface area contributed by atoms with Crippen molar-refractivity contribution in [1.82, 2.24) is 14.8 Å². The summed E-state index contributed by atoms with van der Waals surface area (Å²) < 4.78 is 6.35. The highest BCUT2D eigenvalue weighted by atomic mass is 16.6. The third kappa shape index (κ3) is 2.33. The lowest BCUT2D eigenvalue weighted by atomic mass is 10.2. The maximum absolute atomic E-state index is 11.9. The van der Waals surface area contributed by atoms with Gasteiger partial charge in [-0.2, -0.15) is 5.10 Å². The van der Waals surface area contributed by atoms with Crippen molar-refractivity contribution in [3.63, 3.8) is 0 Å². The molecule has 0 radical (unpaired) electrons. The van der Waals surface area contributed by atoms with Gasteiger partial charge in [0.05, 0.1) is 6.20 Å². The molecule has 18 heavy (non-hydrogen) atoms. The van der Waals surface area contributed by atoms with Gasteiger partial charge in [0.25, 0.3) is 0 Å². The van der Waals surface area contributed by atoms with Gasteiger partial charge in [0.2, 0.25) is 0 Å². The molecule has 0 aromatic carbocycles. The second kappa shape index (κ2) is 4.15. The van der Waals surface area contributed by atoms with Gasteiger partial charge in [-0.15, -0.1) is 11.1 Å². The van der Waals surface area contributed by atoms with Crippen molar-refractivity contribution in [1.29, 1.82) is 0 Å². The molecule has 5 heteroatoms. The molecule has 0 aliphatic carbocycles. The first-order valence-electron chi connectivity index (χ1n) is 5.44. The number of nitrogens with zero attached hydrogens (tertiary/aromatic N) is 3. The standard InChI is InChI=1S/C13H13N3O2/c1-5-9-6-10-8-15-16(11(10)14-7-9)12(17)18-13(2,3)4/h1,6-8H,2-4H3. The van der Waals surface area contributed by atoms with Crippen LogP contribution < -0.4 is 0 Å². The van der Waals surface area contributed by atoms with E-state index in [0.717, 1.165) is 4.68 Å². The summed E-state index contributed by atoms with van der Waals surface area (Å²) in [5.74, 6) is 2.48. The van der Waals surface area contributed by atoms with E-state index in [0.29, 0.717) is 16.6 Å². The summed E-state index contributed by atoms with van der Waals surface area (Å²) in [6, 6.07) is 1.75. The maximum atomic E-state index is 11.9. The monoisotopic (exact) mass is 243 g/mol. The predicted molar refractivity (Wildman–Crippen MR) is 67.1 cm³/mol. The zero-order valence-corrected chi connectivity index (χ0v) is 10.5. The van der Waals surface area contributed by atoms with Crippen LogP contribution in [0.3, 0.4) is 0 Å². The molecule has 0 fully saturated rings. The average Bonchev–Trinajstić information content (AvgIpc) is 2.69. The van der Waals surface area contributed by atoms with E-state index in [4.69, 9.17) is 11.2 Å². The smallest absolute Gasteiger partial charge is 0.437 e. The molecule has 0 aliphatic heterocycles. The van der Waals surface area contributed by atoms with Crippen molar-refractivity contribution in [2.75, 3.05) is 0 Å².